The van der Waals surface area contributed by atoms with E-state index in [1.165, 1.54) is 6.08 Å². The van der Waals surface area contributed by atoms with Gasteiger partial charge in [0.2, 0.25) is 0 Å². The van der Waals surface area contributed by atoms with Crippen LogP contribution in [0.5, 0.6) is 0 Å². The Labute approximate surface area is 110 Å². The third-order valence-corrected chi connectivity index (χ3v) is 3.14. The molecule has 0 unspecified atom stereocenters. The molecule has 0 aliphatic heterocycles. The van der Waals surface area contributed by atoms with Crippen molar-refractivity contribution in [3.63, 3.8) is 0 Å². The third-order valence-electron chi connectivity index (χ3n) is 3.14. The predicted molar refractivity (Wildman–Crippen MR) is 68.9 cm³/mol. The Balaban J connectivity index is 2.14. The van der Waals surface area contributed by atoms with Gasteiger partial charge in [0.15, 0.2) is 0 Å². The number of alkyl carbamates (subject to hydrolysis) is 1. The molecule has 1 aliphatic carbocycles. The van der Waals surface area contributed by atoms with Gasteiger partial charge < -0.3 is 15.2 Å². The molecule has 0 fully saturated rings. The first-order valence-corrected chi connectivity index (χ1v) is 5.99. The van der Waals surface area contributed by atoms with Crippen LogP contribution in [0.3, 0.4) is 0 Å². The lowest BCUT2D eigenvalue weighted by molar-refractivity contribution is -0.138. The molecule has 0 aromatic heterocycles. The van der Waals surface area contributed by atoms with Crippen LogP contribution < -0.4 is 5.32 Å². The summed E-state index contributed by atoms with van der Waals surface area (Å²) in [6.45, 7) is 3.58. The van der Waals surface area contributed by atoms with Gasteiger partial charge in [0.1, 0.15) is 6.61 Å². The van der Waals surface area contributed by atoms with Crippen LogP contribution in [0.15, 0.2) is 36.9 Å². The van der Waals surface area contributed by atoms with Crippen molar-refractivity contribution in [2.24, 2.45) is 0 Å². The lowest BCUT2D eigenvalue weighted by Gasteiger charge is -2.13. The van der Waals surface area contributed by atoms with E-state index < -0.39 is 18.0 Å². The van der Waals surface area contributed by atoms with Crippen molar-refractivity contribution in [3.05, 3.63) is 48.0 Å². The Morgan fingerprint density at radius 3 is 2.74 bits per heavy atom. The highest BCUT2D eigenvalue weighted by molar-refractivity contribution is 5.79. The number of rotatable bonds is 4. The lowest BCUT2D eigenvalue weighted by Crippen LogP contribution is -2.28. The maximum absolute atomic E-state index is 11.5. The van der Waals surface area contributed by atoms with Crippen molar-refractivity contribution < 1.29 is 19.4 Å². The van der Waals surface area contributed by atoms with Crippen molar-refractivity contribution in [2.45, 2.75) is 18.4 Å². The van der Waals surface area contributed by atoms with Crippen molar-refractivity contribution in [2.75, 3.05) is 6.61 Å². The van der Waals surface area contributed by atoms with E-state index >= 15 is 0 Å². The number of benzene rings is 1. The molecule has 5 nitrogen and oxygen atoms in total. The molecule has 0 heterocycles. The fraction of sp³-hybridized carbons (Fsp3) is 0.286. The fourth-order valence-electron chi connectivity index (χ4n) is 2.32. The first kappa shape index (κ1) is 13.1. The topological polar surface area (TPSA) is 75.6 Å². The van der Waals surface area contributed by atoms with Gasteiger partial charge in [0, 0.05) is 0 Å². The number of fused-ring (bicyclic) bond motifs is 1. The minimum Gasteiger partial charge on any atom is -0.481 e. The molecule has 5 heteroatoms. The van der Waals surface area contributed by atoms with Crippen LogP contribution in [-0.2, 0) is 9.53 Å². The monoisotopic (exact) mass is 261 g/mol. The van der Waals surface area contributed by atoms with Crippen LogP contribution in [0, 0.1) is 0 Å². The molecule has 1 aromatic carbocycles. The van der Waals surface area contributed by atoms with Crippen LogP contribution in [0.2, 0.25) is 0 Å². The average Bonchev–Trinajstić information content (AvgIpc) is 2.76. The first-order chi connectivity index (χ1) is 9.13. The highest BCUT2D eigenvalue weighted by Gasteiger charge is 2.35. The highest BCUT2D eigenvalue weighted by Crippen LogP contribution is 2.40. The SMILES string of the molecule is C=CCOC(=O)N[C@H]1C[C@@H](C(=O)O)c2ccccc21. The van der Waals surface area contributed by atoms with Crippen LogP contribution in [0.1, 0.15) is 29.5 Å². The van der Waals surface area contributed by atoms with Crippen molar-refractivity contribution in [3.8, 4) is 0 Å². The van der Waals surface area contributed by atoms with E-state index in [2.05, 4.69) is 11.9 Å². The standard InChI is InChI=1S/C14H15NO4/c1-2-7-19-14(18)15-12-8-11(13(16)17)9-5-3-4-6-10(9)12/h2-6,11-12H,1,7-8H2,(H,15,18)(H,16,17)/t11-,12+/m1/s1. The summed E-state index contributed by atoms with van der Waals surface area (Å²) >= 11 is 0. The first-order valence-electron chi connectivity index (χ1n) is 5.99. The number of aliphatic carboxylic acids is 1. The van der Waals surface area contributed by atoms with Gasteiger partial charge in [-0.05, 0) is 17.5 Å². The molecule has 0 bridgehead atoms. The van der Waals surface area contributed by atoms with E-state index in [1.807, 2.05) is 12.1 Å². The molecule has 1 amide bonds. The normalized spacial score (nSPS) is 20.4. The summed E-state index contributed by atoms with van der Waals surface area (Å²) in [5.41, 5.74) is 1.59. The maximum Gasteiger partial charge on any atom is 0.407 e. The van der Waals surface area contributed by atoms with Gasteiger partial charge in [-0.2, -0.15) is 0 Å². The summed E-state index contributed by atoms with van der Waals surface area (Å²) < 4.78 is 4.85. The quantitative estimate of drug-likeness (QED) is 0.815. The Morgan fingerprint density at radius 2 is 2.11 bits per heavy atom. The number of carbonyl (C=O) groups is 2. The van der Waals surface area contributed by atoms with Crippen LogP contribution in [0.4, 0.5) is 4.79 Å². The maximum atomic E-state index is 11.5. The third kappa shape index (κ3) is 2.76. The zero-order valence-corrected chi connectivity index (χ0v) is 10.3. The van der Waals surface area contributed by atoms with E-state index in [4.69, 9.17) is 4.74 Å². The number of carboxylic acid groups (broad SMARTS) is 1. The van der Waals surface area contributed by atoms with E-state index in [9.17, 15) is 14.7 Å². The van der Waals surface area contributed by atoms with Gasteiger partial charge in [-0.25, -0.2) is 4.79 Å². The molecular weight excluding hydrogens is 246 g/mol. The van der Waals surface area contributed by atoms with Gasteiger partial charge >= 0.3 is 12.1 Å². The van der Waals surface area contributed by atoms with Crippen molar-refractivity contribution >= 4 is 12.1 Å². The van der Waals surface area contributed by atoms with Gasteiger partial charge in [-0.15, -0.1) is 0 Å². The van der Waals surface area contributed by atoms with Crippen LogP contribution >= 0.6 is 0 Å². The largest absolute Gasteiger partial charge is 0.481 e. The number of nitrogens with one attached hydrogen (secondary N) is 1. The Hall–Kier alpha value is -2.30. The molecule has 2 atom stereocenters. The number of amides is 1. The summed E-state index contributed by atoms with van der Waals surface area (Å²) in [6.07, 6.45) is 1.26. The molecule has 0 saturated carbocycles. The summed E-state index contributed by atoms with van der Waals surface area (Å²) in [5, 5.41) is 11.9. The number of hydrogen-bond acceptors (Lipinski definition) is 3. The molecule has 2 N–H and O–H groups in total. The Morgan fingerprint density at radius 1 is 1.42 bits per heavy atom. The molecule has 0 radical (unpaired) electrons. The second-order valence-electron chi connectivity index (χ2n) is 4.34. The Kier molecular flexibility index (Phi) is 3.85. The average molecular weight is 261 g/mol. The highest BCUT2D eigenvalue weighted by atomic mass is 16.5. The molecule has 2 rings (SSSR count). The number of hydrogen-bond donors (Lipinski definition) is 2. The molecule has 1 aliphatic rings. The van der Waals surface area contributed by atoms with Gasteiger partial charge in [-0.3, -0.25) is 4.79 Å². The summed E-state index contributed by atoms with van der Waals surface area (Å²) in [4.78, 5) is 22.7. The molecule has 0 saturated heterocycles. The van der Waals surface area contributed by atoms with Crippen molar-refractivity contribution in [1.29, 1.82) is 0 Å². The van der Waals surface area contributed by atoms with Crippen LogP contribution in [-0.4, -0.2) is 23.8 Å². The number of carboxylic acids is 1. The zero-order chi connectivity index (χ0) is 13.8. The summed E-state index contributed by atoms with van der Waals surface area (Å²) in [5.74, 6) is -1.46. The van der Waals surface area contributed by atoms with E-state index in [0.717, 1.165) is 11.1 Å². The number of carbonyl (C=O) groups excluding carboxylic acids is 1. The van der Waals surface area contributed by atoms with Gasteiger partial charge in [0.05, 0.1) is 12.0 Å². The smallest absolute Gasteiger partial charge is 0.407 e. The fourth-order valence-corrected chi connectivity index (χ4v) is 2.32. The minimum absolute atomic E-state index is 0.128. The minimum atomic E-state index is -0.879. The van der Waals surface area contributed by atoms with Gasteiger partial charge in [-0.1, -0.05) is 36.9 Å². The second kappa shape index (κ2) is 5.56. The lowest BCUT2D eigenvalue weighted by atomic mass is 10.0. The zero-order valence-electron chi connectivity index (χ0n) is 10.3. The molecular formula is C14H15NO4. The molecule has 19 heavy (non-hydrogen) atoms. The van der Waals surface area contributed by atoms with Crippen LogP contribution in [0.25, 0.3) is 0 Å². The summed E-state index contributed by atoms with van der Waals surface area (Å²) in [7, 11) is 0. The summed E-state index contributed by atoms with van der Waals surface area (Å²) in [6, 6.07) is 6.91. The van der Waals surface area contributed by atoms with E-state index in [-0.39, 0.29) is 12.6 Å². The Bertz CT molecular complexity index is 512. The van der Waals surface area contributed by atoms with E-state index in [0.29, 0.717) is 6.42 Å². The molecule has 1 aromatic rings. The van der Waals surface area contributed by atoms with Crippen molar-refractivity contribution in [1.82, 2.24) is 5.32 Å². The number of ether oxygens (including phenoxy) is 1. The van der Waals surface area contributed by atoms with E-state index in [1.54, 1.807) is 12.1 Å². The van der Waals surface area contributed by atoms with Gasteiger partial charge in [0.25, 0.3) is 0 Å². The molecule has 100 valence electrons. The molecule has 0 spiro atoms. The second-order valence-corrected chi connectivity index (χ2v) is 4.34. The predicted octanol–water partition coefficient (Wildman–Crippen LogP) is 2.21.